The molecule has 0 aliphatic carbocycles. The molecule has 15 heavy (non-hydrogen) atoms. The molecule has 0 heterocycles. The van der Waals surface area contributed by atoms with E-state index in [1.165, 1.54) is 38.0 Å². The van der Waals surface area contributed by atoms with Crippen LogP contribution in [0.2, 0.25) is 0 Å². The Morgan fingerprint density at radius 1 is 0.867 bits per heavy atom. The van der Waals surface area contributed by atoms with E-state index in [2.05, 4.69) is 44.2 Å². The van der Waals surface area contributed by atoms with Gasteiger partial charge in [0.05, 0.1) is 0 Å². The smallest absolute Gasteiger partial charge is 0.0240 e. The predicted octanol–water partition coefficient (Wildman–Crippen LogP) is 4.39. The van der Waals surface area contributed by atoms with E-state index < -0.39 is 0 Å². The summed E-state index contributed by atoms with van der Waals surface area (Å²) in [5.41, 5.74) is 0. The van der Waals surface area contributed by atoms with Crippen LogP contribution in [0.5, 0.6) is 0 Å². The van der Waals surface area contributed by atoms with Crippen LogP contribution in [0.3, 0.4) is 0 Å². The number of benzene rings is 1. The van der Waals surface area contributed by atoms with Gasteiger partial charge in [0.15, 0.2) is 0 Å². The van der Waals surface area contributed by atoms with E-state index >= 15 is 0 Å². The Hall–Kier alpha value is -0.350. The Bertz CT molecular complexity index is 235. The Morgan fingerprint density at radius 3 is 1.87 bits per heavy atom. The summed E-state index contributed by atoms with van der Waals surface area (Å²) in [5, 5.41) is 1.61. The maximum absolute atomic E-state index is 2.32. The third-order valence-electron chi connectivity index (χ3n) is 2.68. The van der Waals surface area contributed by atoms with Gasteiger partial charge in [-0.05, 0) is 30.5 Å². The number of rotatable bonds is 7. The van der Waals surface area contributed by atoms with Gasteiger partial charge in [0.25, 0.3) is 0 Å². The van der Waals surface area contributed by atoms with E-state index in [-0.39, 0.29) is 7.92 Å². The van der Waals surface area contributed by atoms with Gasteiger partial charge in [-0.2, -0.15) is 0 Å². The molecule has 1 rings (SSSR count). The van der Waals surface area contributed by atoms with Crippen LogP contribution in [-0.2, 0) is 0 Å². The van der Waals surface area contributed by atoms with Gasteiger partial charge in [-0.25, -0.2) is 0 Å². The van der Waals surface area contributed by atoms with Gasteiger partial charge in [-0.1, -0.05) is 64.9 Å². The molecule has 1 aromatic rings. The summed E-state index contributed by atoms with van der Waals surface area (Å²) in [5.74, 6) is 0. The largest absolute Gasteiger partial charge is 0.0753 e. The van der Waals surface area contributed by atoms with Gasteiger partial charge in [-0.15, -0.1) is 0 Å². The molecule has 1 heteroatoms. The fraction of sp³-hybridized carbons (Fsp3) is 0.571. The van der Waals surface area contributed by atoms with Crippen molar-refractivity contribution in [3.05, 3.63) is 30.3 Å². The van der Waals surface area contributed by atoms with Gasteiger partial charge in [0.1, 0.15) is 0 Å². The fourth-order valence-electron chi connectivity index (χ4n) is 1.71. The van der Waals surface area contributed by atoms with Crippen molar-refractivity contribution in [3.8, 4) is 0 Å². The first-order valence-corrected chi connectivity index (χ1v) is 7.89. The molecule has 0 fully saturated rings. The Kier molecular flexibility index (Phi) is 6.68. The SMILES string of the molecule is CCCCP(CCCC)c1ccccc1. The van der Waals surface area contributed by atoms with Crippen molar-refractivity contribution in [1.82, 2.24) is 0 Å². The van der Waals surface area contributed by atoms with Crippen molar-refractivity contribution >= 4 is 13.2 Å². The third-order valence-corrected chi connectivity index (χ3v) is 5.43. The molecule has 0 saturated carbocycles. The minimum atomic E-state index is 0.132. The molecule has 1 aromatic carbocycles. The molecule has 0 bridgehead atoms. The molecule has 0 spiro atoms. The molecular formula is C14H23P. The topological polar surface area (TPSA) is 0 Å². The van der Waals surface area contributed by atoms with E-state index in [4.69, 9.17) is 0 Å². The highest BCUT2D eigenvalue weighted by Crippen LogP contribution is 2.36. The van der Waals surface area contributed by atoms with Gasteiger partial charge >= 0.3 is 0 Å². The lowest BCUT2D eigenvalue weighted by Gasteiger charge is -2.17. The molecule has 0 unspecified atom stereocenters. The predicted molar refractivity (Wildman–Crippen MR) is 72.5 cm³/mol. The molecule has 0 nitrogen and oxygen atoms in total. The zero-order valence-electron chi connectivity index (χ0n) is 10.1. The lowest BCUT2D eigenvalue weighted by molar-refractivity contribution is 0.871. The summed E-state index contributed by atoms with van der Waals surface area (Å²) >= 11 is 0. The van der Waals surface area contributed by atoms with Crippen molar-refractivity contribution in [2.75, 3.05) is 12.3 Å². The maximum Gasteiger partial charge on any atom is -0.0240 e. The first kappa shape index (κ1) is 12.7. The average molecular weight is 222 g/mol. The molecule has 0 amide bonds. The molecule has 0 saturated heterocycles. The Labute approximate surface area is 95.9 Å². The van der Waals surface area contributed by atoms with Gasteiger partial charge in [-0.3, -0.25) is 0 Å². The Balaban J connectivity index is 2.55. The van der Waals surface area contributed by atoms with E-state index in [0.29, 0.717) is 0 Å². The number of unbranched alkanes of at least 4 members (excludes halogenated alkanes) is 2. The van der Waals surface area contributed by atoms with Crippen molar-refractivity contribution in [2.45, 2.75) is 39.5 Å². The van der Waals surface area contributed by atoms with Crippen LogP contribution >= 0.6 is 7.92 Å². The summed E-state index contributed by atoms with van der Waals surface area (Å²) in [6.07, 6.45) is 8.30. The average Bonchev–Trinajstić information content (AvgIpc) is 2.30. The summed E-state index contributed by atoms with van der Waals surface area (Å²) in [7, 11) is 0.132. The summed E-state index contributed by atoms with van der Waals surface area (Å²) in [4.78, 5) is 0. The van der Waals surface area contributed by atoms with Crippen molar-refractivity contribution in [2.24, 2.45) is 0 Å². The molecule has 0 aliphatic rings. The van der Waals surface area contributed by atoms with Crippen molar-refractivity contribution in [1.29, 1.82) is 0 Å². The second-order valence-electron chi connectivity index (χ2n) is 4.03. The van der Waals surface area contributed by atoms with Crippen LogP contribution in [-0.4, -0.2) is 12.3 Å². The molecule has 0 aliphatic heterocycles. The summed E-state index contributed by atoms with van der Waals surface area (Å²) in [6.45, 7) is 4.58. The first-order valence-electron chi connectivity index (χ1n) is 6.18. The highest BCUT2D eigenvalue weighted by molar-refractivity contribution is 7.65. The molecule has 0 atom stereocenters. The standard InChI is InChI=1S/C14H23P/c1-3-5-12-15(13-6-4-2)14-10-8-7-9-11-14/h7-11H,3-6,12-13H2,1-2H3. The second kappa shape index (κ2) is 7.88. The lowest BCUT2D eigenvalue weighted by atomic mass is 10.4. The van der Waals surface area contributed by atoms with Gasteiger partial charge in [0, 0.05) is 0 Å². The molecule has 0 radical (unpaired) electrons. The van der Waals surface area contributed by atoms with E-state index in [0.717, 1.165) is 0 Å². The molecule has 0 N–H and O–H groups in total. The lowest BCUT2D eigenvalue weighted by Crippen LogP contribution is -2.05. The third kappa shape index (κ3) is 4.80. The number of hydrogen-bond donors (Lipinski definition) is 0. The van der Waals surface area contributed by atoms with Crippen LogP contribution in [0.4, 0.5) is 0 Å². The van der Waals surface area contributed by atoms with Crippen molar-refractivity contribution in [3.63, 3.8) is 0 Å². The van der Waals surface area contributed by atoms with E-state index in [1.54, 1.807) is 5.30 Å². The maximum atomic E-state index is 2.32. The van der Waals surface area contributed by atoms with Gasteiger partial charge < -0.3 is 0 Å². The first-order chi connectivity index (χ1) is 7.38. The minimum Gasteiger partial charge on any atom is -0.0753 e. The van der Waals surface area contributed by atoms with E-state index in [9.17, 15) is 0 Å². The quantitative estimate of drug-likeness (QED) is 0.600. The zero-order chi connectivity index (χ0) is 10.9. The van der Waals surface area contributed by atoms with Crippen LogP contribution in [0.15, 0.2) is 30.3 Å². The van der Waals surface area contributed by atoms with Gasteiger partial charge in [0.2, 0.25) is 0 Å². The van der Waals surface area contributed by atoms with Crippen LogP contribution < -0.4 is 5.30 Å². The Morgan fingerprint density at radius 2 is 1.40 bits per heavy atom. The molecule has 84 valence electrons. The molecular weight excluding hydrogens is 199 g/mol. The highest BCUT2D eigenvalue weighted by Gasteiger charge is 2.08. The zero-order valence-corrected chi connectivity index (χ0v) is 11.0. The normalized spacial score (nSPS) is 10.9. The monoisotopic (exact) mass is 222 g/mol. The van der Waals surface area contributed by atoms with Crippen LogP contribution in [0.25, 0.3) is 0 Å². The highest BCUT2D eigenvalue weighted by atomic mass is 31.1. The van der Waals surface area contributed by atoms with Crippen LogP contribution in [0.1, 0.15) is 39.5 Å². The minimum absolute atomic E-state index is 0.132. The summed E-state index contributed by atoms with van der Waals surface area (Å²) in [6, 6.07) is 11.1. The summed E-state index contributed by atoms with van der Waals surface area (Å²) < 4.78 is 0. The molecule has 0 aromatic heterocycles. The second-order valence-corrected chi connectivity index (χ2v) is 6.52. The fourth-order valence-corrected chi connectivity index (χ4v) is 4.44. The van der Waals surface area contributed by atoms with Crippen molar-refractivity contribution < 1.29 is 0 Å². The van der Waals surface area contributed by atoms with Crippen LogP contribution in [0, 0.1) is 0 Å². The van der Waals surface area contributed by atoms with E-state index in [1.807, 2.05) is 0 Å². The number of hydrogen-bond acceptors (Lipinski definition) is 0.